The first-order valence-electron chi connectivity index (χ1n) is 4.90. The third-order valence-corrected chi connectivity index (χ3v) is 2.22. The molecule has 1 atom stereocenters. The fourth-order valence-corrected chi connectivity index (χ4v) is 1.29. The summed E-state index contributed by atoms with van der Waals surface area (Å²) < 4.78 is 101. The van der Waals surface area contributed by atoms with Gasteiger partial charge in [0.05, 0.1) is 0 Å². The number of alkyl halides is 8. The number of rotatable bonds is 3. The summed E-state index contributed by atoms with van der Waals surface area (Å²) in [6, 6.07) is -0.164. The van der Waals surface area contributed by atoms with Crippen LogP contribution in [-0.4, -0.2) is 18.5 Å². The van der Waals surface area contributed by atoms with Crippen molar-refractivity contribution >= 4 is 12.4 Å². The fraction of sp³-hybridized carbons (Fsp3) is 0.400. The SMILES string of the molecule is Cl.N[C@@H](c1cccc(OC(F)(F)F)c1)C(F)(F)C(F)(F)F. The number of hydrogen-bond donors (Lipinski definition) is 1. The van der Waals surface area contributed by atoms with Crippen molar-refractivity contribution in [1.29, 1.82) is 0 Å². The monoisotopic (exact) mass is 345 g/mol. The summed E-state index contributed by atoms with van der Waals surface area (Å²) in [5.41, 5.74) is 3.95. The first-order valence-corrected chi connectivity index (χ1v) is 4.90. The minimum Gasteiger partial charge on any atom is -0.406 e. The first kappa shape index (κ1) is 19.7. The topological polar surface area (TPSA) is 35.2 Å². The minimum atomic E-state index is -5.92. The quantitative estimate of drug-likeness (QED) is 0.833. The van der Waals surface area contributed by atoms with Crippen LogP contribution in [0.1, 0.15) is 11.6 Å². The summed E-state index contributed by atoms with van der Waals surface area (Å²) in [5.74, 6) is -6.23. The Balaban J connectivity index is 0.00000400. The molecule has 0 aliphatic carbocycles. The Hall–Kier alpha value is -1.29. The molecule has 1 aromatic carbocycles. The van der Waals surface area contributed by atoms with Crippen LogP contribution in [0.15, 0.2) is 24.3 Å². The van der Waals surface area contributed by atoms with Crippen LogP contribution in [0.5, 0.6) is 5.75 Å². The van der Waals surface area contributed by atoms with Crippen LogP contribution in [0.25, 0.3) is 0 Å². The second-order valence-corrected chi connectivity index (χ2v) is 3.72. The Morgan fingerprint density at radius 3 is 1.90 bits per heavy atom. The van der Waals surface area contributed by atoms with Gasteiger partial charge >= 0.3 is 18.5 Å². The van der Waals surface area contributed by atoms with Gasteiger partial charge in [0, 0.05) is 0 Å². The van der Waals surface area contributed by atoms with E-state index in [9.17, 15) is 35.1 Å². The van der Waals surface area contributed by atoms with Gasteiger partial charge in [-0.25, -0.2) is 0 Å². The molecule has 0 amide bonds. The van der Waals surface area contributed by atoms with Crippen LogP contribution in [-0.2, 0) is 0 Å². The molecule has 11 heteroatoms. The third-order valence-electron chi connectivity index (χ3n) is 2.22. The Labute approximate surface area is 119 Å². The van der Waals surface area contributed by atoms with E-state index in [0.29, 0.717) is 6.07 Å². The Bertz CT molecular complexity index is 473. The van der Waals surface area contributed by atoms with Gasteiger partial charge < -0.3 is 10.5 Å². The molecule has 0 spiro atoms. The van der Waals surface area contributed by atoms with Gasteiger partial charge in [0.25, 0.3) is 0 Å². The van der Waals surface area contributed by atoms with Gasteiger partial charge in [-0.2, -0.15) is 22.0 Å². The van der Waals surface area contributed by atoms with Gasteiger partial charge in [0.1, 0.15) is 11.8 Å². The van der Waals surface area contributed by atoms with Crippen molar-refractivity contribution in [1.82, 2.24) is 0 Å². The number of hydrogen-bond acceptors (Lipinski definition) is 2. The second-order valence-electron chi connectivity index (χ2n) is 3.72. The molecule has 0 bridgehead atoms. The molecule has 0 saturated carbocycles. The van der Waals surface area contributed by atoms with Gasteiger partial charge in [-0.3, -0.25) is 0 Å². The van der Waals surface area contributed by atoms with Crippen molar-refractivity contribution in [3.8, 4) is 5.75 Å². The van der Waals surface area contributed by atoms with Crippen LogP contribution in [0.2, 0.25) is 0 Å². The molecule has 2 N–H and O–H groups in total. The number of benzene rings is 1. The van der Waals surface area contributed by atoms with Crippen molar-refractivity contribution in [2.24, 2.45) is 5.73 Å². The summed E-state index contributed by atoms with van der Waals surface area (Å²) in [5, 5.41) is 0. The van der Waals surface area contributed by atoms with Crippen LogP contribution < -0.4 is 10.5 Å². The van der Waals surface area contributed by atoms with Crippen molar-refractivity contribution in [2.45, 2.75) is 24.5 Å². The molecule has 0 aromatic heterocycles. The highest BCUT2D eigenvalue weighted by atomic mass is 35.5. The van der Waals surface area contributed by atoms with Crippen molar-refractivity contribution < 1.29 is 39.9 Å². The lowest BCUT2D eigenvalue weighted by Crippen LogP contribution is -2.45. The molecule has 21 heavy (non-hydrogen) atoms. The molecule has 0 radical (unpaired) electrons. The number of ether oxygens (including phenoxy) is 1. The van der Waals surface area contributed by atoms with Crippen LogP contribution >= 0.6 is 12.4 Å². The predicted molar refractivity (Wildman–Crippen MR) is 58.3 cm³/mol. The van der Waals surface area contributed by atoms with E-state index >= 15 is 0 Å². The van der Waals surface area contributed by atoms with E-state index in [1.807, 2.05) is 0 Å². The van der Waals surface area contributed by atoms with Crippen LogP contribution in [0.4, 0.5) is 35.1 Å². The summed E-state index contributed by atoms with van der Waals surface area (Å²) in [6.07, 6.45) is -11.0. The van der Waals surface area contributed by atoms with Gasteiger partial charge in [-0.1, -0.05) is 12.1 Å². The predicted octanol–water partition coefficient (Wildman–Crippen LogP) is 4.20. The highest BCUT2D eigenvalue weighted by molar-refractivity contribution is 5.85. The Kier molecular flexibility index (Phi) is 5.84. The van der Waals surface area contributed by atoms with Crippen LogP contribution in [0.3, 0.4) is 0 Å². The highest BCUT2D eigenvalue weighted by Crippen LogP contribution is 2.43. The van der Waals surface area contributed by atoms with E-state index in [4.69, 9.17) is 5.73 Å². The zero-order valence-electron chi connectivity index (χ0n) is 9.80. The van der Waals surface area contributed by atoms with Crippen LogP contribution in [0, 0.1) is 0 Å². The zero-order chi connectivity index (χ0) is 15.8. The van der Waals surface area contributed by atoms with E-state index in [0.717, 1.165) is 18.2 Å². The largest absolute Gasteiger partial charge is 0.573 e. The molecule has 0 unspecified atom stereocenters. The Morgan fingerprint density at radius 2 is 1.48 bits per heavy atom. The highest BCUT2D eigenvalue weighted by Gasteiger charge is 2.61. The maximum atomic E-state index is 13.0. The zero-order valence-corrected chi connectivity index (χ0v) is 10.6. The first-order chi connectivity index (χ1) is 8.84. The molecule has 1 aromatic rings. The lowest BCUT2D eigenvalue weighted by molar-refractivity contribution is -0.291. The van der Waals surface area contributed by atoms with E-state index in [1.54, 1.807) is 0 Å². The van der Waals surface area contributed by atoms with Crippen molar-refractivity contribution in [3.05, 3.63) is 29.8 Å². The molecule has 0 saturated heterocycles. The molecule has 0 fully saturated rings. The van der Waals surface area contributed by atoms with Gasteiger partial charge in [0.2, 0.25) is 0 Å². The summed E-state index contributed by atoms with van der Waals surface area (Å²) >= 11 is 0. The third kappa shape index (κ3) is 4.88. The fourth-order valence-electron chi connectivity index (χ4n) is 1.29. The average Bonchev–Trinajstić information content (AvgIpc) is 2.24. The molecule has 0 aliphatic heterocycles. The smallest absolute Gasteiger partial charge is 0.406 e. The molecule has 1 rings (SSSR count). The van der Waals surface area contributed by atoms with Gasteiger partial charge in [0.15, 0.2) is 0 Å². The van der Waals surface area contributed by atoms with Crippen molar-refractivity contribution in [2.75, 3.05) is 0 Å². The lowest BCUT2D eigenvalue weighted by atomic mass is 10.0. The summed E-state index contributed by atoms with van der Waals surface area (Å²) in [4.78, 5) is 0. The van der Waals surface area contributed by atoms with Crippen molar-refractivity contribution in [3.63, 3.8) is 0 Å². The normalized spacial score (nSPS) is 14.3. The maximum absolute atomic E-state index is 13.0. The number of halogens is 9. The molecule has 122 valence electrons. The van der Waals surface area contributed by atoms with Gasteiger partial charge in [-0.15, -0.1) is 25.6 Å². The second kappa shape index (κ2) is 6.22. The summed E-state index contributed by atoms with van der Waals surface area (Å²) in [7, 11) is 0. The summed E-state index contributed by atoms with van der Waals surface area (Å²) in [6.45, 7) is 0. The van der Waals surface area contributed by atoms with Gasteiger partial charge in [-0.05, 0) is 17.7 Å². The average molecular weight is 346 g/mol. The van der Waals surface area contributed by atoms with E-state index in [1.165, 1.54) is 0 Å². The molecular formula is C10H8ClF8NO. The number of nitrogens with two attached hydrogens (primary N) is 1. The molecule has 0 heterocycles. The van der Waals surface area contributed by atoms with E-state index in [2.05, 4.69) is 4.74 Å². The van der Waals surface area contributed by atoms with E-state index < -0.39 is 35.8 Å². The Morgan fingerprint density at radius 1 is 0.952 bits per heavy atom. The lowest BCUT2D eigenvalue weighted by Gasteiger charge is -2.26. The molecular weight excluding hydrogens is 338 g/mol. The minimum absolute atomic E-state index is 0. The standard InChI is InChI=1S/C10H7F8NO.ClH/c11-8(12,9(13,14)15)7(19)5-2-1-3-6(4-5)20-10(16,17)18;/h1-4,7H,19H2;1H/t7-;/m0./s1. The van der Waals surface area contributed by atoms with E-state index in [-0.39, 0.29) is 12.4 Å². The molecule has 2 nitrogen and oxygen atoms in total. The maximum Gasteiger partial charge on any atom is 0.573 e. The molecule has 0 aliphatic rings.